The normalized spacial score (nSPS) is 19.7. The van der Waals surface area contributed by atoms with E-state index in [-0.39, 0.29) is 23.0 Å². The van der Waals surface area contributed by atoms with Crippen molar-refractivity contribution in [2.24, 2.45) is 0 Å². The minimum atomic E-state index is -3.95. The molecule has 0 aliphatic carbocycles. The lowest BCUT2D eigenvalue weighted by molar-refractivity contribution is -0.132. The first kappa shape index (κ1) is 15.7. The number of anilines is 1. The zero-order chi connectivity index (χ0) is 15.8. The zero-order valence-corrected chi connectivity index (χ0v) is 12.7. The van der Waals surface area contributed by atoms with Crippen molar-refractivity contribution in [3.05, 3.63) is 24.0 Å². The summed E-state index contributed by atoms with van der Waals surface area (Å²) in [6.07, 6.45) is 1.05. The third-order valence-electron chi connectivity index (χ3n) is 3.43. The molecule has 1 amide bonds. The number of sulfonamides is 1. The SMILES string of the molecule is CN(C)C(=O)C1CCCN1S(=O)(=O)c1cc(N)cc(F)c1. The van der Waals surface area contributed by atoms with Crippen molar-refractivity contribution in [3.63, 3.8) is 0 Å². The molecule has 2 N–H and O–H groups in total. The number of carbonyl (C=O) groups is 1. The fourth-order valence-corrected chi connectivity index (χ4v) is 4.16. The Kier molecular flexibility index (Phi) is 4.20. The molecule has 1 aliphatic heterocycles. The van der Waals surface area contributed by atoms with Gasteiger partial charge < -0.3 is 10.6 Å². The molecule has 0 radical (unpaired) electrons. The van der Waals surface area contributed by atoms with E-state index in [1.54, 1.807) is 14.1 Å². The van der Waals surface area contributed by atoms with Crippen LogP contribution >= 0.6 is 0 Å². The monoisotopic (exact) mass is 315 g/mol. The van der Waals surface area contributed by atoms with Crippen molar-refractivity contribution in [1.82, 2.24) is 9.21 Å². The van der Waals surface area contributed by atoms with Crippen molar-refractivity contribution in [3.8, 4) is 0 Å². The maximum Gasteiger partial charge on any atom is 0.243 e. The Labute approximate surface area is 123 Å². The summed E-state index contributed by atoms with van der Waals surface area (Å²) in [5.74, 6) is -0.997. The highest BCUT2D eigenvalue weighted by molar-refractivity contribution is 7.89. The van der Waals surface area contributed by atoms with Gasteiger partial charge >= 0.3 is 0 Å². The van der Waals surface area contributed by atoms with Crippen LogP contribution in [0.15, 0.2) is 23.1 Å². The van der Waals surface area contributed by atoms with E-state index in [2.05, 4.69) is 0 Å². The molecule has 1 fully saturated rings. The first-order valence-corrected chi connectivity index (χ1v) is 7.96. The van der Waals surface area contributed by atoms with Gasteiger partial charge in [-0.25, -0.2) is 12.8 Å². The minimum Gasteiger partial charge on any atom is -0.399 e. The molecule has 1 aromatic carbocycles. The van der Waals surface area contributed by atoms with Gasteiger partial charge in [0.2, 0.25) is 15.9 Å². The average Bonchev–Trinajstić information content (AvgIpc) is 2.86. The Hall–Kier alpha value is -1.67. The lowest BCUT2D eigenvalue weighted by Gasteiger charge is -2.25. The molecule has 1 aliphatic rings. The van der Waals surface area contributed by atoms with Crippen LogP contribution in [0.1, 0.15) is 12.8 Å². The number of nitrogens with zero attached hydrogens (tertiary/aromatic N) is 2. The van der Waals surface area contributed by atoms with Gasteiger partial charge in [0.15, 0.2) is 0 Å². The topological polar surface area (TPSA) is 83.7 Å². The highest BCUT2D eigenvalue weighted by atomic mass is 32.2. The Morgan fingerprint density at radius 2 is 2.05 bits per heavy atom. The van der Waals surface area contributed by atoms with Gasteiger partial charge in [-0.05, 0) is 31.0 Å². The standard InChI is InChI=1S/C13H18FN3O3S/c1-16(2)13(18)12-4-3-5-17(12)21(19,20)11-7-9(14)6-10(15)8-11/h6-8,12H,3-5,15H2,1-2H3. The number of hydrogen-bond donors (Lipinski definition) is 1. The Morgan fingerprint density at radius 1 is 1.38 bits per heavy atom. The average molecular weight is 315 g/mol. The summed E-state index contributed by atoms with van der Waals surface area (Å²) < 4.78 is 39.7. The molecule has 1 saturated heterocycles. The molecular weight excluding hydrogens is 297 g/mol. The van der Waals surface area contributed by atoms with Crippen LogP contribution < -0.4 is 5.73 Å². The van der Waals surface area contributed by atoms with Crippen LogP contribution in [-0.2, 0) is 14.8 Å². The Balaban J connectivity index is 2.40. The fourth-order valence-electron chi connectivity index (χ4n) is 2.44. The van der Waals surface area contributed by atoms with E-state index in [0.29, 0.717) is 12.8 Å². The Morgan fingerprint density at radius 3 is 2.62 bits per heavy atom. The van der Waals surface area contributed by atoms with E-state index in [9.17, 15) is 17.6 Å². The molecule has 1 heterocycles. The summed E-state index contributed by atoms with van der Waals surface area (Å²) in [6, 6.07) is 2.43. The summed E-state index contributed by atoms with van der Waals surface area (Å²) in [7, 11) is -0.796. The molecule has 1 aromatic rings. The number of nitrogens with two attached hydrogens (primary N) is 1. The van der Waals surface area contributed by atoms with E-state index in [0.717, 1.165) is 16.4 Å². The van der Waals surface area contributed by atoms with Crippen molar-refractivity contribution in [1.29, 1.82) is 0 Å². The quantitative estimate of drug-likeness (QED) is 0.830. The molecule has 1 unspecified atom stereocenters. The van der Waals surface area contributed by atoms with Gasteiger partial charge in [-0.2, -0.15) is 4.31 Å². The van der Waals surface area contributed by atoms with E-state index < -0.39 is 21.9 Å². The minimum absolute atomic E-state index is 0.0308. The molecule has 1 atom stereocenters. The second kappa shape index (κ2) is 5.61. The second-order valence-electron chi connectivity index (χ2n) is 5.23. The van der Waals surface area contributed by atoms with Crippen LogP contribution in [-0.4, -0.2) is 50.2 Å². The van der Waals surface area contributed by atoms with E-state index in [1.165, 1.54) is 11.0 Å². The van der Waals surface area contributed by atoms with Gasteiger partial charge in [0.25, 0.3) is 0 Å². The number of rotatable bonds is 3. The van der Waals surface area contributed by atoms with Gasteiger partial charge in [-0.15, -0.1) is 0 Å². The van der Waals surface area contributed by atoms with Gasteiger partial charge in [-0.3, -0.25) is 4.79 Å². The Bertz CT molecular complexity index is 640. The van der Waals surface area contributed by atoms with E-state index >= 15 is 0 Å². The number of carbonyl (C=O) groups excluding carboxylic acids is 1. The molecule has 116 valence electrons. The molecule has 6 nitrogen and oxygen atoms in total. The maximum absolute atomic E-state index is 13.4. The third-order valence-corrected chi connectivity index (χ3v) is 5.32. The van der Waals surface area contributed by atoms with Crippen molar-refractivity contribution >= 4 is 21.6 Å². The van der Waals surface area contributed by atoms with Crippen LogP contribution in [0.3, 0.4) is 0 Å². The van der Waals surface area contributed by atoms with E-state index in [4.69, 9.17) is 5.73 Å². The van der Waals surface area contributed by atoms with Crippen LogP contribution in [0.2, 0.25) is 0 Å². The van der Waals surface area contributed by atoms with Gasteiger partial charge in [-0.1, -0.05) is 0 Å². The molecular formula is C13H18FN3O3S. The fraction of sp³-hybridized carbons (Fsp3) is 0.462. The first-order valence-electron chi connectivity index (χ1n) is 6.52. The molecule has 8 heteroatoms. The third kappa shape index (κ3) is 3.01. The first-order chi connectivity index (χ1) is 9.73. The highest BCUT2D eigenvalue weighted by Gasteiger charge is 2.40. The molecule has 0 saturated carbocycles. The lowest BCUT2D eigenvalue weighted by atomic mass is 10.2. The molecule has 2 rings (SSSR count). The summed E-state index contributed by atoms with van der Waals surface area (Å²) in [6.45, 7) is 0.239. The smallest absolute Gasteiger partial charge is 0.243 e. The van der Waals surface area contributed by atoms with Crippen molar-refractivity contribution < 1.29 is 17.6 Å². The van der Waals surface area contributed by atoms with Crippen LogP contribution in [0.4, 0.5) is 10.1 Å². The zero-order valence-electron chi connectivity index (χ0n) is 11.9. The molecule has 0 aromatic heterocycles. The number of hydrogen-bond acceptors (Lipinski definition) is 4. The van der Waals surface area contributed by atoms with Gasteiger partial charge in [0.05, 0.1) is 4.90 Å². The summed E-state index contributed by atoms with van der Waals surface area (Å²) in [5.41, 5.74) is 5.53. The number of benzene rings is 1. The van der Waals surface area contributed by atoms with Crippen LogP contribution in [0.5, 0.6) is 0 Å². The predicted octanol–water partition coefficient (Wildman–Crippen LogP) is 0.649. The number of halogens is 1. The highest BCUT2D eigenvalue weighted by Crippen LogP contribution is 2.28. The maximum atomic E-state index is 13.4. The van der Waals surface area contributed by atoms with E-state index in [1.807, 2.05) is 0 Å². The van der Waals surface area contributed by atoms with Crippen LogP contribution in [0.25, 0.3) is 0 Å². The lowest BCUT2D eigenvalue weighted by Crippen LogP contribution is -2.45. The summed E-state index contributed by atoms with van der Waals surface area (Å²) >= 11 is 0. The largest absolute Gasteiger partial charge is 0.399 e. The number of amides is 1. The van der Waals surface area contributed by atoms with Crippen molar-refractivity contribution in [2.45, 2.75) is 23.8 Å². The summed E-state index contributed by atoms with van der Waals surface area (Å²) in [5, 5.41) is 0. The molecule has 21 heavy (non-hydrogen) atoms. The second-order valence-corrected chi connectivity index (χ2v) is 7.12. The number of likely N-dealkylation sites (N-methyl/N-ethyl adjacent to an activating group) is 1. The van der Waals surface area contributed by atoms with Gasteiger partial charge in [0.1, 0.15) is 11.9 Å². The summed E-state index contributed by atoms with van der Waals surface area (Å²) in [4.78, 5) is 13.2. The predicted molar refractivity (Wildman–Crippen MR) is 76.4 cm³/mol. The number of nitrogen functional groups attached to an aromatic ring is 1. The van der Waals surface area contributed by atoms with Crippen LogP contribution in [0, 0.1) is 5.82 Å². The molecule has 0 bridgehead atoms. The van der Waals surface area contributed by atoms with Crippen molar-refractivity contribution in [2.75, 3.05) is 26.4 Å². The van der Waals surface area contributed by atoms with Gasteiger partial charge in [0, 0.05) is 26.3 Å². The molecule has 0 spiro atoms.